The van der Waals surface area contributed by atoms with Crippen LogP contribution in [0.5, 0.6) is 11.5 Å². The number of benzene rings is 1. The van der Waals surface area contributed by atoms with Crippen molar-refractivity contribution in [2.45, 2.75) is 13.3 Å². The average molecular weight is 332 g/mol. The van der Waals surface area contributed by atoms with E-state index in [2.05, 4.69) is 4.98 Å². The van der Waals surface area contributed by atoms with E-state index in [1.54, 1.807) is 30.8 Å². The second kappa shape index (κ2) is 5.92. The third-order valence-electron chi connectivity index (χ3n) is 3.66. The number of carboxylic acids is 1. The van der Waals surface area contributed by atoms with Crippen molar-refractivity contribution in [3.8, 4) is 22.8 Å². The van der Waals surface area contributed by atoms with Crippen molar-refractivity contribution in [2.24, 2.45) is 0 Å². The van der Waals surface area contributed by atoms with E-state index in [1.165, 1.54) is 11.3 Å². The predicted octanol–water partition coefficient (Wildman–Crippen LogP) is 3.34. The molecule has 3 aromatic rings. The fourth-order valence-electron chi connectivity index (χ4n) is 2.57. The standard InChI is InChI=1S/C16H16N2O4S/c1-4-11-14(15(19)20)18-12(8-23-16(18)17-11)10-7-9(21-2)5-6-13(10)22-3/h5-8H,4H2,1-3H3,(H,19,20). The van der Waals surface area contributed by atoms with Crippen LogP contribution in [0.1, 0.15) is 23.1 Å². The fraction of sp³-hybridized carbons (Fsp3) is 0.250. The first-order valence-corrected chi connectivity index (χ1v) is 7.93. The van der Waals surface area contributed by atoms with Crippen LogP contribution in [0.2, 0.25) is 0 Å². The summed E-state index contributed by atoms with van der Waals surface area (Å²) in [5, 5.41) is 11.5. The van der Waals surface area contributed by atoms with Gasteiger partial charge in [0.1, 0.15) is 11.5 Å². The minimum absolute atomic E-state index is 0.198. The lowest BCUT2D eigenvalue weighted by atomic mass is 10.1. The highest BCUT2D eigenvalue weighted by molar-refractivity contribution is 7.15. The molecule has 0 unspecified atom stereocenters. The van der Waals surface area contributed by atoms with Crippen LogP contribution in [-0.2, 0) is 6.42 Å². The van der Waals surface area contributed by atoms with E-state index in [-0.39, 0.29) is 5.69 Å². The molecular formula is C16H16N2O4S. The van der Waals surface area contributed by atoms with Crippen molar-refractivity contribution in [2.75, 3.05) is 14.2 Å². The first-order valence-electron chi connectivity index (χ1n) is 7.05. The van der Waals surface area contributed by atoms with Gasteiger partial charge in [0.25, 0.3) is 0 Å². The molecule has 0 amide bonds. The number of hydrogen-bond acceptors (Lipinski definition) is 5. The van der Waals surface area contributed by atoms with Crippen LogP contribution in [-0.4, -0.2) is 34.7 Å². The summed E-state index contributed by atoms with van der Waals surface area (Å²) < 4.78 is 12.4. The largest absolute Gasteiger partial charge is 0.497 e. The number of imidazole rings is 1. The third-order valence-corrected chi connectivity index (χ3v) is 4.48. The van der Waals surface area contributed by atoms with Crippen LogP contribution in [0.3, 0.4) is 0 Å². The van der Waals surface area contributed by atoms with Gasteiger partial charge >= 0.3 is 5.97 Å². The summed E-state index contributed by atoms with van der Waals surface area (Å²) in [4.78, 5) is 16.8. The Morgan fingerprint density at radius 1 is 1.35 bits per heavy atom. The van der Waals surface area contributed by atoms with Crippen LogP contribution in [0.4, 0.5) is 0 Å². The van der Waals surface area contributed by atoms with E-state index in [0.29, 0.717) is 28.6 Å². The van der Waals surface area contributed by atoms with Gasteiger partial charge in [-0.3, -0.25) is 4.40 Å². The summed E-state index contributed by atoms with van der Waals surface area (Å²) in [6.07, 6.45) is 0.560. The minimum Gasteiger partial charge on any atom is -0.497 e. The Kier molecular flexibility index (Phi) is 3.96. The van der Waals surface area contributed by atoms with Gasteiger partial charge in [0, 0.05) is 10.9 Å². The van der Waals surface area contributed by atoms with Crippen molar-refractivity contribution in [1.82, 2.24) is 9.38 Å². The molecule has 1 N–H and O–H groups in total. The Balaban J connectivity index is 2.33. The maximum Gasteiger partial charge on any atom is 0.354 e. The van der Waals surface area contributed by atoms with E-state index < -0.39 is 5.97 Å². The second-order valence-corrected chi connectivity index (χ2v) is 5.71. The lowest BCUT2D eigenvalue weighted by Gasteiger charge is -2.10. The molecule has 0 saturated heterocycles. The lowest BCUT2D eigenvalue weighted by Crippen LogP contribution is -2.06. The van der Waals surface area contributed by atoms with E-state index in [1.807, 2.05) is 18.4 Å². The molecule has 0 spiro atoms. The van der Waals surface area contributed by atoms with E-state index in [9.17, 15) is 9.90 Å². The molecule has 23 heavy (non-hydrogen) atoms. The summed E-state index contributed by atoms with van der Waals surface area (Å²) in [6.45, 7) is 1.89. The van der Waals surface area contributed by atoms with E-state index >= 15 is 0 Å². The molecule has 0 aliphatic carbocycles. The van der Waals surface area contributed by atoms with Gasteiger partial charge in [0.05, 0.1) is 25.6 Å². The number of thiazole rings is 1. The molecule has 2 heterocycles. The molecule has 0 saturated carbocycles. The fourth-order valence-corrected chi connectivity index (χ4v) is 3.48. The summed E-state index contributed by atoms with van der Waals surface area (Å²) in [7, 11) is 3.17. The zero-order valence-corrected chi connectivity index (χ0v) is 13.8. The molecule has 1 aromatic carbocycles. The first-order chi connectivity index (χ1) is 11.1. The van der Waals surface area contributed by atoms with Crippen LogP contribution < -0.4 is 9.47 Å². The number of aryl methyl sites for hydroxylation is 1. The smallest absolute Gasteiger partial charge is 0.354 e. The molecule has 6 nitrogen and oxygen atoms in total. The van der Waals surface area contributed by atoms with Crippen LogP contribution >= 0.6 is 11.3 Å². The molecule has 0 atom stereocenters. The molecule has 2 aromatic heterocycles. The molecule has 0 aliphatic heterocycles. The van der Waals surface area contributed by atoms with Crippen molar-refractivity contribution in [3.05, 3.63) is 35.0 Å². The van der Waals surface area contributed by atoms with E-state index in [4.69, 9.17) is 9.47 Å². The summed E-state index contributed by atoms with van der Waals surface area (Å²) in [5.41, 5.74) is 2.27. The van der Waals surface area contributed by atoms with Crippen molar-refractivity contribution < 1.29 is 19.4 Å². The average Bonchev–Trinajstić information content (AvgIpc) is 3.12. The highest BCUT2D eigenvalue weighted by atomic mass is 32.1. The zero-order valence-electron chi connectivity index (χ0n) is 13.0. The normalized spacial score (nSPS) is 10.9. The summed E-state index contributed by atoms with van der Waals surface area (Å²) >= 11 is 1.40. The number of carbonyl (C=O) groups is 1. The number of rotatable bonds is 5. The van der Waals surface area contributed by atoms with Gasteiger partial charge in [-0.05, 0) is 24.6 Å². The molecule has 0 fully saturated rings. The van der Waals surface area contributed by atoms with E-state index in [0.717, 1.165) is 11.3 Å². The Bertz CT molecular complexity index is 882. The quantitative estimate of drug-likeness (QED) is 0.776. The molecule has 0 radical (unpaired) electrons. The lowest BCUT2D eigenvalue weighted by molar-refractivity contribution is 0.0688. The number of aromatic nitrogens is 2. The van der Waals surface area contributed by atoms with Gasteiger partial charge in [-0.25, -0.2) is 9.78 Å². The number of ether oxygens (including phenoxy) is 2. The van der Waals surface area contributed by atoms with Crippen LogP contribution in [0, 0.1) is 0 Å². The predicted molar refractivity (Wildman–Crippen MR) is 87.9 cm³/mol. The topological polar surface area (TPSA) is 73.1 Å². The van der Waals surface area contributed by atoms with Gasteiger partial charge in [-0.15, -0.1) is 11.3 Å². The number of hydrogen-bond donors (Lipinski definition) is 1. The van der Waals surface area contributed by atoms with Gasteiger partial charge in [0.2, 0.25) is 0 Å². The number of aromatic carboxylic acids is 1. The Morgan fingerprint density at radius 2 is 2.13 bits per heavy atom. The van der Waals surface area contributed by atoms with Crippen LogP contribution in [0.25, 0.3) is 16.2 Å². The number of methoxy groups -OCH3 is 2. The number of carboxylic acid groups (broad SMARTS) is 1. The zero-order chi connectivity index (χ0) is 16.6. The maximum atomic E-state index is 11.7. The molecule has 120 valence electrons. The van der Waals surface area contributed by atoms with Crippen LogP contribution in [0.15, 0.2) is 23.6 Å². The summed E-state index contributed by atoms with van der Waals surface area (Å²) in [5.74, 6) is 0.331. The SMILES string of the molecule is CCc1nc2scc(-c3cc(OC)ccc3OC)n2c1C(=O)O. The third kappa shape index (κ3) is 2.43. The molecule has 7 heteroatoms. The monoisotopic (exact) mass is 332 g/mol. The molecule has 3 rings (SSSR count). The Hall–Kier alpha value is -2.54. The number of fused-ring (bicyclic) bond motifs is 1. The first kappa shape index (κ1) is 15.4. The summed E-state index contributed by atoms with van der Waals surface area (Å²) in [6, 6.07) is 5.43. The molecular weight excluding hydrogens is 316 g/mol. The highest BCUT2D eigenvalue weighted by Gasteiger charge is 2.23. The van der Waals surface area contributed by atoms with Crippen molar-refractivity contribution in [3.63, 3.8) is 0 Å². The minimum atomic E-state index is -0.990. The Labute approximate surface area is 136 Å². The van der Waals surface area contributed by atoms with Gasteiger partial charge in [-0.1, -0.05) is 6.92 Å². The van der Waals surface area contributed by atoms with Gasteiger partial charge in [0.15, 0.2) is 10.7 Å². The second-order valence-electron chi connectivity index (χ2n) is 4.87. The van der Waals surface area contributed by atoms with Gasteiger partial charge < -0.3 is 14.6 Å². The van der Waals surface area contributed by atoms with Gasteiger partial charge in [-0.2, -0.15) is 0 Å². The van der Waals surface area contributed by atoms with Crippen molar-refractivity contribution >= 4 is 22.3 Å². The molecule has 0 aliphatic rings. The molecule has 0 bridgehead atoms. The number of nitrogens with zero attached hydrogens (tertiary/aromatic N) is 2. The Morgan fingerprint density at radius 3 is 2.74 bits per heavy atom. The maximum absolute atomic E-state index is 11.7. The highest BCUT2D eigenvalue weighted by Crippen LogP contribution is 2.37. The van der Waals surface area contributed by atoms with Crippen molar-refractivity contribution in [1.29, 1.82) is 0 Å².